The highest BCUT2D eigenvalue weighted by atomic mass is 32.2. The van der Waals surface area contributed by atoms with E-state index in [0.717, 1.165) is 11.5 Å². The topological polar surface area (TPSA) is 39.2 Å². The summed E-state index contributed by atoms with van der Waals surface area (Å²) in [5.41, 5.74) is 9.18. The quantitative estimate of drug-likeness (QED) is 0.854. The summed E-state index contributed by atoms with van der Waals surface area (Å²) in [6.45, 7) is 4.02. The Morgan fingerprint density at radius 1 is 1.15 bits per heavy atom. The minimum Gasteiger partial charge on any atom is -0.465 e. The van der Waals surface area contributed by atoms with Crippen LogP contribution in [-0.4, -0.2) is 6.04 Å². The van der Waals surface area contributed by atoms with Crippen LogP contribution in [0, 0.1) is 6.92 Å². The van der Waals surface area contributed by atoms with Crippen LogP contribution in [0.4, 0.5) is 0 Å². The van der Waals surface area contributed by atoms with Crippen molar-refractivity contribution in [2.24, 2.45) is 5.73 Å². The number of rotatable bonds is 4. The van der Waals surface area contributed by atoms with Crippen molar-refractivity contribution in [1.82, 2.24) is 0 Å². The Balaban J connectivity index is 1.83. The summed E-state index contributed by atoms with van der Waals surface area (Å²) in [7, 11) is 0. The zero-order chi connectivity index (χ0) is 14.1. The van der Waals surface area contributed by atoms with E-state index in [1.165, 1.54) is 35.3 Å². The fourth-order valence-electron chi connectivity index (χ4n) is 2.80. The summed E-state index contributed by atoms with van der Waals surface area (Å²) in [5.74, 6) is 1.92. The first-order valence-electron chi connectivity index (χ1n) is 7.24. The third-order valence-electron chi connectivity index (χ3n) is 3.85. The Bertz CT molecular complexity index is 603. The molecule has 2 N–H and O–H groups in total. The van der Waals surface area contributed by atoms with E-state index in [1.807, 2.05) is 37.7 Å². The molecule has 0 bridgehead atoms. The summed E-state index contributed by atoms with van der Waals surface area (Å²) in [6, 6.07) is 10.9. The fourth-order valence-corrected chi connectivity index (χ4v) is 3.91. The smallest absolute Gasteiger partial charge is 0.119 e. The minimum absolute atomic E-state index is 0.0544. The maximum atomic E-state index is 6.16. The predicted octanol–water partition coefficient (Wildman–Crippen LogP) is 4.26. The maximum Gasteiger partial charge on any atom is 0.119 e. The van der Waals surface area contributed by atoms with Crippen LogP contribution in [0.5, 0.6) is 0 Å². The van der Waals surface area contributed by atoms with Crippen LogP contribution in [0.3, 0.4) is 0 Å². The van der Waals surface area contributed by atoms with Gasteiger partial charge in [0.1, 0.15) is 11.5 Å². The van der Waals surface area contributed by atoms with E-state index in [0.29, 0.717) is 0 Å². The summed E-state index contributed by atoms with van der Waals surface area (Å²) in [4.78, 5) is 1.29. The molecule has 106 valence electrons. The molecule has 3 heteroatoms. The van der Waals surface area contributed by atoms with Gasteiger partial charge < -0.3 is 10.2 Å². The van der Waals surface area contributed by atoms with Crippen molar-refractivity contribution in [3.63, 3.8) is 0 Å². The number of fused-ring (bicyclic) bond motifs is 1. The van der Waals surface area contributed by atoms with Gasteiger partial charge in [0.15, 0.2) is 0 Å². The average molecular weight is 287 g/mol. The third-order valence-corrected chi connectivity index (χ3v) is 5.29. The third kappa shape index (κ3) is 2.79. The zero-order valence-corrected chi connectivity index (χ0v) is 12.9. The molecule has 1 aliphatic carbocycles. The lowest BCUT2D eigenvalue weighted by Gasteiger charge is -2.18. The van der Waals surface area contributed by atoms with Gasteiger partial charge in [0.2, 0.25) is 0 Å². The molecule has 0 saturated heterocycles. The highest BCUT2D eigenvalue weighted by Gasteiger charge is 2.22. The minimum atomic E-state index is 0.0544. The van der Waals surface area contributed by atoms with Gasteiger partial charge in [-0.1, -0.05) is 6.07 Å². The van der Waals surface area contributed by atoms with Gasteiger partial charge >= 0.3 is 0 Å². The molecule has 1 aromatic heterocycles. The van der Waals surface area contributed by atoms with Crippen LogP contribution in [-0.2, 0) is 12.8 Å². The normalized spacial score (nSPS) is 16.9. The molecule has 0 saturated carbocycles. The van der Waals surface area contributed by atoms with Crippen LogP contribution >= 0.6 is 11.8 Å². The Morgan fingerprint density at radius 2 is 1.95 bits per heavy atom. The van der Waals surface area contributed by atoms with Gasteiger partial charge in [-0.2, -0.15) is 0 Å². The number of aryl methyl sites for hydroxylation is 3. The van der Waals surface area contributed by atoms with E-state index in [-0.39, 0.29) is 11.3 Å². The van der Waals surface area contributed by atoms with E-state index in [9.17, 15) is 0 Å². The van der Waals surface area contributed by atoms with Gasteiger partial charge in [0.05, 0.1) is 5.25 Å². The zero-order valence-electron chi connectivity index (χ0n) is 12.1. The van der Waals surface area contributed by atoms with Crippen molar-refractivity contribution in [1.29, 1.82) is 0 Å². The van der Waals surface area contributed by atoms with Gasteiger partial charge in [0, 0.05) is 10.9 Å². The van der Waals surface area contributed by atoms with Crippen LogP contribution in [0.1, 0.15) is 41.2 Å². The summed E-state index contributed by atoms with van der Waals surface area (Å²) in [5, 5.41) is 0.170. The standard InChI is InChI=1S/C17H21NOS/c1-11-6-9-16(19-11)17(12(2)18)20-15-8-7-13-4-3-5-14(13)10-15/h6-10,12,17H,3-5,18H2,1-2H3. The molecule has 0 radical (unpaired) electrons. The molecule has 1 aliphatic rings. The van der Waals surface area contributed by atoms with Crippen molar-refractivity contribution in [3.8, 4) is 0 Å². The molecule has 2 aromatic rings. The van der Waals surface area contributed by atoms with Crippen molar-refractivity contribution in [2.75, 3.05) is 0 Å². The molecule has 0 aliphatic heterocycles. The van der Waals surface area contributed by atoms with Crippen LogP contribution in [0.25, 0.3) is 0 Å². The molecule has 2 nitrogen and oxygen atoms in total. The van der Waals surface area contributed by atoms with Gasteiger partial charge in [-0.25, -0.2) is 0 Å². The lowest BCUT2D eigenvalue weighted by atomic mass is 10.1. The highest BCUT2D eigenvalue weighted by molar-refractivity contribution is 7.99. The molecule has 1 aromatic carbocycles. The molecule has 20 heavy (non-hydrogen) atoms. The Kier molecular flexibility index (Phi) is 3.90. The second-order valence-electron chi connectivity index (χ2n) is 5.63. The van der Waals surface area contributed by atoms with Gasteiger partial charge in [-0.15, -0.1) is 11.8 Å². The summed E-state index contributed by atoms with van der Waals surface area (Å²) < 4.78 is 5.77. The molecular formula is C17H21NOS. The van der Waals surface area contributed by atoms with E-state index >= 15 is 0 Å². The van der Waals surface area contributed by atoms with Gasteiger partial charge in [-0.05, 0) is 68.5 Å². The van der Waals surface area contributed by atoms with Crippen molar-refractivity contribution in [3.05, 3.63) is 53.0 Å². The van der Waals surface area contributed by atoms with E-state index in [4.69, 9.17) is 10.2 Å². The Morgan fingerprint density at radius 3 is 2.65 bits per heavy atom. The molecule has 1 heterocycles. The number of furan rings is 1. The first-order chi connectivity index (χ1) is 9.63. The van der Waals surface area contributed by atoms with Crippen molar-refractivity contribution < 1.29 is 4.42 Å². The second-order valence-corrected chi connectivity index (χ2v) is 6.85. The summed E-state index contributed by atoms with van der Waals surface area (Å²) in [6.07, 6.45) is 3.73. The highest BCUT2D eigenvalue weighted by Crippen LogP contribution is 2.39. The first-order valence-corrected chi connectivity index (χ1v) is 8.12. The molecule has 0 spiro atoms. The fraction of sp³-hybridized carbons (Fsp3) is 0.412. The second kappa shape index (κ2) is 5.66. The molecule has 0 amide bonds. The Labute approximate surface area is 124 Å². The lowest BCUT2D eigenvalue weighted by Crippen LogP contribution is -2.22. The van der Waals surface area contributed by atoms with E-state index < -0.39 is 0 Å². The largest absolute Gasteiger partial charge is 0.465 e. The Hall–Kier alpha value is -1.19. The van der Waals surface area contributed by atoms with Crippen LogP contribution in [0.15, 0.2) is 39.6 Å². The van der Waals surface area contributed by atoms with Crippen molar-refractivity contribution in [2.45, 2.75) is 49.3 Å². The number of thioether (sulfide) groups is 1. The van der Waals surface area contributed by atoms with Gasteiger partial charge in [0.25, 0.3) is 0 Å². The number of nitrogens with two attached hydrogens (primary N) is 1. The molecule has 2 atom stereocenters. The summed E-state index contributed by atoms with van der Waals surface area (Å²) >= 11 is 1.81. The van der Waals surface area contributed by atoms with E-state index in [2.05, 4.69) is 18.2 Å². The SMILES string of the molecule is Cc1ccc(C(Sc2ccc3c(c2)CCC3)C(C)N)o1. The number of benzene rings is 1. The number of hydrogen-bond acceptors (Lipinski definition) is 3. The monoisotopic (exact) mass is 287 g/mol. The molecule has 2 unspecified atom stereocenters. The van der Waals surface area contributed by atoms with Crippen LogP contribution < -0.4 is 5.73 Å². The average Bonchev–Trinajstić information content (AvgIpc) is 3.03. The van der Waals surface area contributed by atoms with E-state index in [1.54, 1.807) is 0 Å². The molecule has 3 rings (SSSR count). The van der Waals surface area contributed by atoms with Crippen molar-refractivity contribution >= 4 is 11.8 Å². The first kappa shape index (κ1) is 13.8. The van der Waals surface area contributed by atoms with Crippen LogP contribution in [0.2, 0.25) is 0 Å². The number of hydrogen-bond donors (Lipinski definition) is 1. The molecular weight excluding hydrogens is 266 g/mol. The maximum absolute atomic E-state index is 6.16. The molecule has 0 fully saturated rings. The lowest BCUT2D eigenvalue weighted by molar-refractivity contribution is 0.465. The van der Waals surface area contributed by atoms with Gasteiger partial charge in [-0.3, -0.25) is 0 Å². The predicted molar refractivity (Wildman–Crippen MR) is 84.2 cm³/mol.